The molecule has 0 spiro atoms. The van der Waals surface area contributed by atoms with E-state index in [-0.39, 0.29) is 5.97 Å². The Kier molecular flexibility index (Phi) is 6.72. The first kappa shape index (κ1) is 21.2. The van der Waals surface area contributed by atoms with E-state index >= 15 is 0 Å². The summed E-state index contributed by atoms with van der Waals surface area (Å²) in [5, 5.41) is 0. The summed E-state index contributed by atoms with van der Waals surface area (Å²) < 4.78 is 16.7. The molecule has 1 aliphatic rings. The van der Waals surface area contributed by atoms with Gasteiger partial charge >= 0.3 is 5.97 Å². The molecule has 0 unspecified atom stereocenters. The number of hydrogen-bond donors (Lipinski definition) is 0. The lowest BCUT2D eigenvalue weighted by molar-refractivity contribution is 0.0526. The third-order valence-electron chi connectivity index (χ3n) is 5.12. The van der Waals surface area contributed by atoms with Gasteiger partial charge in [0.2, 0.25) is 0 Å². The molecule has 31 heavy (non-hydrogen) atoms. The van der Waals surface area contributed by atoms with Crippen molar-refractivity contribution < 1.29 is 19.0 Å². The van der Waals surface area contributed by atoms with Crippen molar-refractivity contribution in [2.75, 3.05) is 25.2 Å². The van der Waals surface area contributed by atoms with Crippen LogP contribution in [0.4, 0.5) is 11.4 Å². The van der Waals surface area contributed by atoms with Crippen molar-refractivity contribution in [2.45, 2.75) is 26.3 Å². The van der Waals surface area contributed by atoms with Gasteiger partial charge in [0, 0.05) is 28.5 Å². The summed E-state index contributed by atoms with van der Waals surface area (Å²) in [6, 6.07) is 13.4. The number of rotatable bonds is 10. The van der Waals surface area contributed by atoms with Crippen LogP contribution in [0.2, 0.25) is 0 Å². The first-order valence-electron chi connectivity index (χ1n) is 10.4. The molecule has 6 nitrogen and oxygen atoms in total. The molecule has 0 aliphatic heterocycles. The third kappa shape index (κ3) is 5.35. The lowest BCUT2D eigenvalue weighted by Crippen LogP contribution is -2.16. The van der Waals surface area contributed by atoms with Crippen molar-refractivity contribution in [3.8, 4) is 11.5 Å². The minimum Gasteiger partial charge on any atom is -0.493 e. The van der Waals surface area contributed by atoms with E-state index in [0.29, 0.717) is 31.2 Å². The standard InChI is InChI=1S/C24H26N2O4S/c1-3-29-24(27)18-6-8-19(9-7-18)26(14-21-13-25-16-31-21)20-10-11-22(28-2)23(12-20)30-15-17-4-5-17/h6-13,16-17H,3-5,14-15H2,1-2H3. The van der Waals surface area contributed by atoms with Crippen LogP contribution in [-0.4, -0.2) is 31.3 Å². The number of aromatic nitrogens is 1. The molecular formula is C24H26N2O4S. The van der Waals surface area contributed by atoms with Crippen molar-refractivity contribution in [1.82, 2.24) is 4.98 Å². The molecule has 0 saturated heterocycles. The molecule has 0 atom stereocenters. The Morgan fingerprint density at radius 2 is 1.90 bits per heavy atom. The molecule has 162 valence electrons. The van der Waals surface area contributed by atoms with E-state index in [1.807, 2.05) is 42.0 Å². The lowest BCUT2D eigenvalue weighted by atomic mass is 10.1. The van der Waals surface area contributed by atoms with E-state index < -0.39 is 0 Å². The molecule has 2 aromatic carbocycles. The van der Waals surface area contributed by atoms with Crippen LogP contribution in [0.15, 0.2) is 54.2 Å². The molecule has 1 saturated carbocycles. The summed E-state index contributed by atoms with van der Waals surface area (Å²) in [7, 11) is 1.65. The van der Waals surface area contributed by atoms with Gasteiger partial charge in [0.15, 0.2) is 11.5 Å². The number of hydrogen-bond acceptors (Lipinski definition) is 7. The van der Waals surface area contributed by atoms with E-state index in [1.165, 1.54) is 12.8 Å². The number of carbonyl (C=O) groups excluding carboxylic acids is 1. The fourth-order valence-corrected chi connectivity index (χ4v) is 3.82. The van der Waals surface area contributed by atoms with Crippen molar-refractivity contribution >= 4 is 28.7 Å². The quantitative estimate of drug-likeness (QED) is 0.392. The molecule has 1 aromatic heterocycles. The Hall–Kier alpha value is -3.06. The topological polar surface area (TPSA) is 60.9 Å². The van der Waals surface area contributed by atoms with Gasteiger partial charge in [-0.05, 0) is 62.1 Å². The second-order valence-corrected chi connectivity index (χ2v) is 8.38. The van der Waals surface area contributed by atoms with Gasteiger partial charge in [0.25, 0.3) is 0 Å². The zero-order valence-corrected chi connectivity index (χ0v) is 18.6. The maximum absolute atomic E-state index is 12.0. The SMILES string of the molecule is CCOC(=O)c1ccc(N(Cc2cncs2)c2ccc(OC)c(OCC3CC3)c2)cc1. The van der Waals surface area contributed by atoms with E-state index in [4.69, 9.17) is 14.2 Å². The molecule has 1 heterocycles. The van der Waals surface area contributed by atoms with Gasteiger partial charge in [0.1, 0.15) is 0 Å². The van der Waals surface area contributed by atoms with Gasteiger partial charge in [-0.15, -0.1) is 11.3 Å². The average molecular weight is 439 g/mol. The van der Waals surface area contributed by atoms with E-state index in [1.54, 1.807) is 37.5 Å². The Bertz CT molecular complexity index is 1000. The highest BCUT2D eigenvalue weighted by molar-refractivity contribution is 7.09. The molecule has 4 rings (SSSR count). The number of carbonyl (C=O) groups is 1. The van der Waals surface area contributed by atoms with Gasteiger partial charge in [-0.25, -0.2) is 4.79 Å². The molecule has 1 aliphatic carbocycles. The Balaban J connectivity index is 1.64. The number of thiazole rings is 1. The Labute approximate surface area is 186 Å². The van der Waals surface area contributed by atoms with Gasteiger partial charge < -0.3 is 19.1 Å². The molecule has 0 radical (unpaired) electrons. The van der Waals surface area contributed by atoms with Crippen molar-refractivity contribution in [3.05, 3.63) is 64.6 Å². The number of anilines is 2. The summed E-state index contributed by atoms with van der Waals surface area (Å²) >= 11 is 1.61. The van der Waals surface area contributed by atoms with E-state index in [2.05, 4.69) is 9.88 Å². The molecule has 0 amide bonds. The van der Waals surface area contributed by atoms with Crippen LogP contribution >= 0.6 is 11.3 Å². The van der Waals surface area contributed by atoms with Crippen molar-refractivity contribution in [2.24, 2.45) is 5.92 Å². The Morgan fingerprint density at radius 3 is 2.55 bits per heavy atom. The van der Waals surface area contributed by atoms with Crippen molar-refractivity contribution in [3.63, 3.8) is 0 Å². The normalized spacial score (nSPS) is 13.0. The first-order chi connectivity index (χ1) is 15.2. The molecule has 7 heteroatoms. The fraction of sp³-hybridized carbons (Fsp3) is 0.333. The monoisotopic (exact) mass is 438 g/mol. The van der Waals surface area contributed by atoms with Crippen LogP contribution in [0, 0.1) is 5.92 Å². The molecular weight excluding hydrogens is 412 g/mol. The highest BCUT2D eigenvalue weighted by Crippen LogP contribution is 2.38. The molecule has 0 bridgehead atoms. The van der Waals surface area contributed by atoms with Gasteiger partial charge in [-0.3, -0.25) is 4.98 Å². The molecule has 0 N–H and O–H groups in total. The molecule has 3 aromatic rings. The second kappa shape index (κ2) is 9.83. The second-order valence-electron chi connectivity index (χ2n) is 7.41. The van der Waals surface area contributed by atoms with Gasteiger partial charge in [-0.1, -0.05) is 0 Å². The van der Waals surface area contributed by atoms with Crippen LogP contribution in [0.3, 0.4) is 0 Å². The fourth-order valence-electron chi connectivity index (χ4n) is 3.24. The highest BCUT2D eigenvalue weighted by atomic mass is 32.1. The number of benzene rings is 2. The summed E-state index contributed by atoms with van der Waals surface area (Å²) in [5.74, 6) is 1.80. The third-order valence-corrected chi connectivity index (χ3v) is 5.88. The Morgan fingerprint density at radius 1 is 1.13 bits per heavy atom. The predicted octanol–water partition coefficient (Wildman–Crippen LogP) is 5.46. The maximum Gasteiger partial charge on any atom is 0.338 e. The lowest BCUT2D eigenvalue weighted by Gasteiger charge is -2.25. The zero-order valence-electron chi connectivity index (χ0n) is 17.7. The van der Waals surface area contributed by atoms with Crippen LogP contribution in [0.25, 0.3) is 0 Å². The summed E-state index contributed by atoms with van der Waals surface area (Å²) in [5.41, 5.74) is 4.30. The van der Waals surface area contributed by atoms with Crippen LogP contribution in [-0.2, 0) is 11.3 Å². The van der Waals surface area contributed by atoms with E-state index in [9.17, 15) is 4.79 Å². The minimum atomic E-state index is -0.316. The number of nitrogens with zero attached hydrogens (tertiary/aromatic N) is 2. The minimum absolute atomic E-state index is 0.316. The number of esters is 1. The van der Waals surface area contributed by atoms with Crippen LogP contribution < -0.4 is 14.4 Å². The van der Waals surface area contributed by atoms with Crippen LogP contribution in [0.5, 0.6) is 11.5 Å². The predicted molar refractivity (Wildman–Crippen MR) is 122 cm³/mol. The maximum atomic E-state index is 12.0. The van der Waals surface area contributed by atoms with E-state index in [0.717, 1.165) is 27.8 Å². The summed E-state index contributed by atoms with van der Waals surface area (Å²) in [6.45, 7) is 3.52. The zero-order chi connectivity index (χ0) is 21.6. The molecule has 1 fully saturated rings. The smallest absolute Gasteiger partial charge is 0.338 e. The largest absolute Gasteiger partial charge is 0.493 e. The number of ether oxygens (including phenoxy) is 3. The highest BCUT2D eigenvalue weighted by Gasteiger charge is 2.23. The first-order valence-corrected chi connectivity index (χ1v) is 11.3. The summed E-state index contributed by atoms with van der Waals surface area (Å²) in [4.78, 5) is 19.5. The van der Waals surface area contributed by atoms with Crippen molar-refractivity contribution in [1.29, 1.82) is 0 Å². The average Bonchev–Trinajstić information content (AvgIpc) is 3.49. The summed E-state index contributed by atoms with van der Waals surface area (Å²) in [6.07, 6.45) is 4.33. The van der Waals surface area contributed by atoms with Crippen LogP contribution in [0.1, 0.15) is 35.0 Å². The number of methoxy groups -OCH3 is 1. The van der Waals surface area contributed by atoms with Gasteiger partial charge in [0.05, 0.1) is 37.9 Å². The van der Waals surface area contributed by atoms with Gasteiger partial charge in [-0.2, -0.15) is 0 Å².